The van der Waals surface area contributed by atoms with Crippen molar-refractivity contribution in [1.82, 2.24) is 4.90 Å². The highest BCUT2D eigenvalue weighted by molar-refractivity contribution is 9.10. The summed E-state index contributed by atoms with van der Waals surface area (Å²) in [5, 5.41) is 0. The van der Waals surface area contributed by atoms with Crippen molar-refractivity contribution in [3.05, 3.63) is 64.1 Å². The zero-order valence-electron chi connectivity index (χ0n) is 12.4. The predicted octanol–water partition coefficient (Wildman–Crippen LogP) is 3.59. The van der Waals surface area contributed by atoms with E-state index in [0.717, 1.165) is 22.3 Å². The van der Waals surface area contributed by atoms with Gasteiger partial charge in [0.05, 0.1) is 7.11 Å². The van der Waals surface area contributed by atoms with Gasteiger partial charge in [-0.3, -0.25) is 4.90 Å². The quantitative estimate of drug-likeness (QED) is 0.866. The number of rotatable bonds is 6. The van der Waals surface area contributed by atoms with E-state index in [1.165, 1.54) is 5.56 Å². The Hall–Kier alpha value is -1.36. The second-order valence-electron chi connectivity index (χ2n) is 5.04. The molecule has 0 fully saturated rings. The number of nitrogens with two attached hydrogens (primary N) is 1. The van der Waals surface area contributed by atoms with Crippen molar-refractivity contribution in [2.24, 2.45) is 5.73 Å². The standard InChI is InChI=1S/C17H21BrN2O/c1-20(12-13-6-4-3-5-7-13)17(11-19)15-10-14(21-2)8-9-16(15)18/h3-10,17H,11-12,19H2,1-2H3. The maximum Gasteiger partial charge on any atom is 0.119 e. The van der Waals surface area contributed by atoms with Gasteiger partial charge in [0.15, 0.2) is 0 Å². The zero-order valence-corrected chi connectivity index (χ0v) is 14.0. The van der Waals surface area contributed by atoms with Gasteiger partial charge in [-0.25, -0.2) is 0 Å². The first-order valence-electron chi connectivity index (χ1n) is 6.93. The molecule has 2 aromatic carbocycles. The Morgan fingerprint density at radius 1 is 1.19 bits per heavy atom. The van der Waals surface area contributed by atoms with Crippen molar-refractivity contribution in [1.29, 1.82) is 0 Å². The lowest BCUT2D eigenvalue weighted by molar-refractivity contribution is 0.240. The molecule has 1 unspecified atom stereocenters. The van der Waals surface area contributed by atoms with E-state index in [-0.39, 0.29) is 6.04 Å². The van der Waals surface area contributed by atoms with Crippen molar-refractivity contribution >= 4 is 15.9 Å². The molecule has 0 heterocycles. The Balaban J connectivity index is 2.22. The molecule has 21 heavy (non-hydrogen) atoms. The fourth-order valence-electron chi connectivity index (χ4n) is 2.43. The van der Waals surface area contributed by atoms with Crippen LogP contribution in [0.5, 0.6) is 5.75 Å². The van der Waals surface area contributed by atoms with Crippen LogP contribution in [-0.4, -0.2) is 25.6 Å². The first-order chi connectivity index (χ1) is 10.2. The largest absolute Gasteiger partial charge is 0.497 e. The Morgan fingerprint density at radius 2 is 1.90 bits per heavy atom. The fourth-order valence-corrected chi connectivity index (χ4v) is 2.94. The summed E-state index contributed by atoms with van der Waals surface area (Å²) in [6.07, 6.45) is 0. The van der Waals surface area contributed by atoms with Crippen LogP contribution >= 0.6 is 15.9 Å². The number of nitrogens with zero attached hydrogens (tertiary/aromatic N) is 1. The molecule has 3 nitrogen and oxygen atoms in total. The summed E-state index contributed by atoms with van der Waals surface area (Å²) in [6.45, 7) is 1.40. The summed E-state index contributed by atoms with van der Waals surface area (Å²) in [5.74, 6) is 0.847. The van der Waals surface area contributed by atoms with Gasteiger partial charge in [-0.1, -0.05) is 46.3 Å². The first kappa shape index (κ1) is 16.0. The number of halogens is 1. The van der Waals surface area contributed by atoms with Gasteiger partial charge in [-0.2, -0.15) is 0 Å². The third kappa shape index (κ3) is 4.06. The van der Waals surface area contributed by atoms with E-state index in [4.69, 9.17) is 10.5 Å². The van der Waals surface area contributed by atoms with Crippen LogP contribution in [0.1, 0.15) is 17.2 Å². The monoisotopic (exact) mass is 348 g/mol. The van der Waals surface area contributed by atoms with Crippen molar-refractivity contribution in [3.63, 3.8) is 0 Å². The Bertz CT molecular complexity index is 574. The third-order valence-electron chi connectivity index (χ3n) is 3.59. The van der Waals surface area contributed by atoms with Gasteiger partial charge in [0, 0.05) is 23.6 Å². The van der Waals surface area contributed by atoms with Crippen molar-refractivity contribution in [2.75, 3.05) is 20.7 Å². The molecule has 0 radical (unpaired) electrons. The van der Waals surface area contributed by atoms with E-state index >= 15 is 0 Å². The predicted molar refractivity (Wildman–Crippen MR) is 90.4 cm³/mol. The summed E-state index contributed by atoms with van der Waals surface area (Å²) in [6, 6.07) is 16.5. The van der Waals surface area contributed by atoms with E-state index in [2.05, 4.69) is 52.1 Å². The normalized spacial score (nSPS) is 12.4. The SMILES string of the molecule is COc1ccc(Br)c(C(CN)N(C)Cc2ccccc2)c1. The molecule has 2 aromatic rings. The molecule has 0 aliphatic carbocycles. The molecule has 0 saturated heterocycles. The minimum Gasteiger partial charge on any atom is -0.497 e. The van der Waals surface area contributed by atoms with Gasteiger partial charge >= 0.3 is 0 Å². The Morgan fingerprint density at radius 3 is 2.52 bits per heavy atom. The maximum absolute atomic E-state index is 6.02. The van der Waals surface area contributed by atoms with Gasteiger partial charge in [0.2, 0.25) is 0 Å². The minimum atomic E-state index is 0.134. The average Bonchev–Trinajstić information content (AvgIpc) is 2.51. The van der Waals surface area contributed by atoms with Crippen LogP contribution in [0.3, 0.4) is 0 Å². The Labute approximate surface area is 134 Å². The average molecular weight is 349 g/mol. The van der Waals surface area contributed by atoms with Crippen LogP contribution in [0.25, 0.3) is 0 Å². The van der Waals surface area contributed by atoms with Crippen molar-refractivity contribution in [3.8, 4) is 5.75 Å². The summed E-state index contributed by atoms with van der Waals surface area (Å²) in [4.78, 5) is 2.26. The van der Waals surface area contributed by atoms with Crippen LogP contribution in [0.15, 0.2) is 53.0 Å². The lowest BCUT2D eigenvalue weighted by Crippen LogP contribution is -2.30. The smallest absolute Gasteiger partial charge is 0.119 e. The molecule has 0 aliphatic rings. The second-order valence-corrected chi connectivity index (χ2v) is 5.89. The molecule has 0 bridgehead atoms. The Kier molecular flexibility index (Phi) is 5.79. The van der Waals surface area contributed by atoms with Crippen LogP contribution in [-0.2, 0) is 6.54 Å². The van der Waals surface area contributed by atoms with Crippen LogP contribution < -0.4 is 10.5 Å². The maximum atomic E-state index is 6.02. The van der Waals surface area contributed by atoms with Gasteiger partial charge < -0.3 is 10.5 Å². The van der Waals surface area contributed by atoms with Gasteiger partial charge in [-0.15, -0.1) is 0 Å². The molecule has 0 amide bonds. The van der Waals surface area contributed by atoms with E-state index in [1.807, 2.05) is 24.3 Å². The van der Waals surface area contributed by atoms with Crippen LogP contribution in [0, 0.1) is 0 Å². The van der Waals surface area contributed by atoms with E-state index in [0.29, 0.717) is 6.54 Å². The molecule has 4 heteroatoms. The van der Waals surface area contributed by atoms with Crippen LogP contribution in [0.4, 0.5) is 0 Å². The highest BCUT2D eigenvalue weighted by atomic mass is 79.9. The third-order valence-corrected chi connectivity index (χ3v) is 4.31. The molecule has 2 N–H and O–H groups in total. The second kappa shape index (κ2) is 7.59. The molecule has 112 valence electrons. The highest BCUT2D eigenvalue weighted by Gasteiger charge is 2.19. The number of benzene rings is 2. The van der Waals surface area contributed by atoms with Crippen LogP contribution in [0.2, 0.25) is 0 Å². The molecule has 0 aromatic heterocycles. The number of methoxy groups -OCH3 is 1. The summed E-state index contributed by atoms with van der Waals surface area (Å²) in [7, 11) is 3.77. The highest BCUT2D eigenvalue weighted by Crippen LogP contribution is 2.30. The number of likely N-dealkylation sites (N-methyl/N-ethyl adjacent to an activating group) is 1. The van der Waals surface area contributed by atoms with Crippen molar-refractivity contribution < 1.29 is 4.74 Å². The van der Waals surface area contributed by atoms with Gasteiger partial charge in [0.25, 0.3) is 0 Å². The molecule has 1 atom stereocenters. The number of hydrogen-bond donors (Lipinski definition) is 1. The molecule has 0 saturated carbocycles. The van der Waals surface area contributed by atoms with Gasteiger partial charge in [0.1, 0.15) is 5.75 Å². The molecule has 2 rings (SSSR count). The number of ether oxygens (including phenoxy) is 1. The molecule has 0 spiro atoms. The molecular formula is C17H21BrN2O. The summed E-state index contributed by atoms with van der Waals surface area (Å²) in [5.41, 5.74) is 8.44. The fraction of sp³-hybridized carbons (Fsp3) is 0.294. The van der Waals surface area contributed by atoms with Crippen molar-refractivity contribution in [2.45, 2.75) is 12.6 Å². The summed E-state index contributed by atoms with van der Waals surface area (Å²) >= 11 is 3.62. The van der Waals surface area contributed by atoms with E-state index in [9.17, 15) is 0 Å². The van der Waals surface area contributed by atoms with E-state index in [1.54, 1.807) is 7.11 Å². The van der Waals surface area contributed by atoms with E-state index < -0.39 is 0 Å². The van der Waals surface area contributed by atoms with Gasteiger partial charge in [-0.05, 0) is 36.4 Å². The molecule has 0 aliphatic heterocycles. The topological polar surface area (TPSA) is 38.5 Å². The number of hydrogen-bond acceptors (Lipinski definition) is 3. The lowest BCUT2D eigenvalue weighted by Gasteiger charge is -2.28. The first-order valence-corrected chi connectivity index (χ1v) is 7.72. The summed E-state index contributed by atoms with van der Waals surface area (Å²) < 4.78 is 6.38. The molecular weight excluding hydrogens is 328 g/mol. The minimum absolute atomic E-state index is 0.134. The lowest BCUT2D eigenvalue weighted by atomic mass is 10.0. The zero-order chi connectivity index (χ0) is 15.2.